The number of hydrogen-bond acceptors (Lipinski definition) is 3. The van der Waals surface area contributed by atoms with Crippen LogP contribution < -0.4 is 0 Å². The lowest BCUT2D eigenvalue weighted by Crippen LogP contribution is -1.93. The maximum Gasteiger partial charge on any atom is 0.176 e. The molecule has 0 aliphatic carbocycles. The lowest BCUT2D eigenvalue weighted by molar-refractivity contribution is 0.344. The third-order valence-electron chi connectivity index (χ3n) is 3.97. The Hall–Kier alpha value is -3.03. The van der Waals surface area contributed by atoms with Gasteiger partial charge in [-0.1, -0.05) is 41.4 Å². The van der Waals surface area contributed by atoms with Crippen molar-refractivity contribution in [2.75, 3.05) is 6.61 Å². The van der Waals surface area contributed by atoms with Crippen LogP contribution in [-0.4, -0.2) is 17.6 Å². The van der Waals surface area contributed by atoms with Crippen LogP contribution in [0.25, 0.3) is 16.8 Å². The lowest BCUT2D eigenvalue weighted by Gasteiger charge is -2.06. The van der Waals surface area contributed by atoms with Crippen LogP contribution in [0.4, 0.5) is 5.82 Å². The van der Waals surface area contributed by atoms with Crippen molar-refractivity contribution >= 4 is 23.8 Å². The number of halogens is 1. The average Bonchev–Trinajstić information content (AvgIpc) is 3.02. The summed E-state index contributed by atoms with van der Waals surface area (Å²) in [6, 6.07) is 17.8. The zero-order valence-corrected chi connectivity index (χ0v) is 15.4. The van der Waals surface area contributed by atoms with Crippen molar-refractivity contribution in [2.24, 2.45) is 4.99 Å². The molecule has 0 bridgehead atoms. The van der Waals surface area contributed by atoms with Gasteiger partial charge in [0.15, 0.2) is 12.2 Å². The second kappa shape index (κ2) is 7.90. The SMILES string of the molecule is CCO/C=N/c1c(C#N)c(-c2ccc(Cl)cc2)cn1-c1ccc(C)cc1. The first kappa shape index (κ1) is 17.8. The van der Waals surface area contributed by atoms with Gasteiger partial charge in [-0.3, -0.25) is 4.57 Å². The number of benzene rings is 2. The van der Waals surface area contributed by atoms with Crippen LogP contribution in [0, 0.1) is 18.3 Å². The van der Waals surface area contributed by atoms with Gasteiger partial charge < -0.3 is 4.74 Å². The summed E-state index contributed by atoms with van der Waals surface area (Å²) in [4.78, 5) is 4.40. The Bertz CT molecular complexity index is 964. The summed E-state index contributed by atoms with van der Waals surface area (Å²) < 4.78 is 7.15. The predicted octanol–water partition coefficient (Wildman–Crippen LogP) is 5.67. The van der Waals surface area contributed by atoms with Gasteiger partial charge in [-0.15, -0.1) is 0 Å². The molecule has 0 saturated carbocycles. The molecule has 1 heterocycles. The van der Waals surface area contributed by atoms with E-state index in [0.29, 0.717) is 23.0 Å². The van der Waals surface area contributed by atoms with E-state index in [1.807, 2.05) is 73.1 Å². The Morgan fingerprint density at radius 3 is 2.46 bits per heavy atom. The van der Waals surface area contributed by atoms with Gasteiger partial charge in [0.1, 0.15) is 11.6 Å². The van der Waals surface area contributed by atoms with E-state index < -0.39 is 0 Å². The molecule has 0 aliphatic heterocycles. The summed E-state index contributed by atoms with van der Waals surface area (Å²) >= 11 is 5.99. The number of aryl methyl sites for hydroxylation is 1. The minimum Gasteiger partial charge on any atom is -0.483 e. The van der Waals surface area contributed by atoms with Crippen molar-refractivity contribution in [1.29, 1.82) is 5.26 Å². The quantitative estimate of drug-likeness (QED) is 0.433. The molecule has 0 aliphatic rings. The third-order valence-corrected chi connectivity index (χ3v) is 4.23. The summed E-state index contributed by atoms with van der Waals surface area (Å²) in [6.07, 6.45) is 3.30. The molecule has 3 aromatic rings. The van der Waals surface area contributed by atoms with E-state index >= 15 is 0 Å². The van der Waals surface area contributed by atoms with Crippen LogP contribution in [0.15, 0.2) is 59.7 Å². The van der Waals surface area contributed by atoms with E-state index in [1.165, 1.54) is 12.0 Å². The van der Waals surface area contributed by atoms with Gasteiger partial charge >= 0.3 is 0 Å². The molecule has 0 amide bonds. The fourth-order valence-electron chi connectivity index (χ4n) is 2.64. The molecule has 2 aromatic carbocycles. The fraction of sp³-hybridized carbons (Fsp3) is 0.143. The van der Waals surface area contributed by atoms with Gasteiger partial charge in [-0.2, -0.15) is 5.26 Å². The number of ether oxygens (including phenoxy) is 1. The number of rotatable bonds is 5. The zero-order valence-electron chi connectivity index (χ0n) is 14.6. The topological polar surface area (TPSA) is 50.3 Å². The monoisotopic (exact) mass is 363 g/mol. The Morgan fingerprint density at radius 1 is 1.15 bits per heavy atom. The lowest BCUT2D eigenvalue weighted by atomic mass is 10.1. The number of nitriles is 1. The average molecular weight is 364 g/mol. The third kappa shape index (κ3) is 3.63. The minimum absolute atomic E-state index is 0.490. The summed E-state index contributed by atoms with van der Waals surface area (Å²) in [6.45, 7) is 4.43. The molecule has 0 atom stereocenters. The summed E-state index contributed by atoms with van der Waals surface area (Å²) in [5.74, 6) is 0.537. The molecular formula is C21H18ClN3O. The minimum atomic E-state index is 0.490. The molecule has 0 unspecified atom stereocenters. The van der Waals surface area contributed by atoms with Crippen molar-refractivity contribution in [2.45, 2.75) is 13.8 Å². The second-order valence-electron chi connectivity index (χ2n) is 5.76. The zero-order chi connectivity index (χ0) is 18.5. The standard InChI is InChI=1S/C21H18ClN3O/c1-3-26-14-24-21-19(12-23)20(16-6-8-17(22)9-7-16)13-25(21)18-10-4-15(2)5-11-18/h4-11,13-14H,3H2,1-2H3/b24-14+. The van der Waals surface area contributed by atoms with Crippen molar-refractivity contribution in [3.8, 4) is 22.9 Å². The highest BCUT2D eigenvalue weighted by Gasteiger charge is 2.18. The molecule has 0 spiro atoms. The van der Waals surface area contributed by atoms with E-state index in [2.05, 4.69) is 11.1 Å². The highest BCUT2D eigenvalue weighted by atomic mass is 35.5. The van der Waals surface area contributed by atoms with E-state index in [1.54, 1.807) is 0 Å². The molecule has 0 saturated heterocycles. The number of hydrogen-bond donors (Lipinski definition) is 0. The van der Waals surface area contributed by atoms with Crippen molar-refractivity contribution in [3.63, 3.8) is 0 Å². The number of nitrogens with zero attached hydrogens (tertiary/aromatic N) is 3. The van der Waals surface area contributed by atoms with Gasteiger partial charge in [-0.05, 0) is 43.7 Å². The van der Waals surface area contributed by atoms with E-state index in [0.717, 1.165) is 16.8 Å². The molecule has 4 nitrogen and oxygen atoms in total. The first-order valence-corrected chi connectivity index (χ1v) is 8.64. The Morgan fingerprint density at radius 2 is 1.85 bits per heavy atom. The van der Waals surface area contributed by atoms with E-state index in [9.17, 15) is 5.26 Å². The van der Waals surface area contributed by atoms with Crippen molar-refractivity contribution < 1.29 is 4.74 Å². The van der Waals surface area contributed by atoms with Gasteiger partial charge in [0, 0.05) is 22.5 Å². The molecule has 5 heteroatoms. The van der Waals surface area contributed by atoms with Crippen LogP contribution in [0.5, 0.6) is 0 Å². The van der Waals surface area contributed by atoms with E-state index in [-0.39, 0.29) is 0 Å². The first-order chi connectivity index (χ1) is 12.6. The fourth-order valence-corrected chi connectivity index (χ4v) is 2.77. The van der Waals surface area contributed by atoms with Gasteiger partial charge in [0.05, 0.1) is 6.61 Å². The van der Waals surface area contributed by atoms with Crippen LogP contribution in [0.2, 0.25) is 5.02 Å². The van der Waals surface area contributed by atoms with Gasteiger partial charge in [0.2, 0.25) is 0 Å². The highest BCUT2D eigenvalue weighted by molar-refractivity contribution is 6.30. The first-order valence-electron chi connectivity index (χ1n) is 8.26. The highest BCUT2D eigenvalue weighted by Crippen LogP contribution is 2.35. The Balaban J connectivity index is 2.20. The smallest absolute Gasteiger partial charge is 0.176 e. The second-order valence-corrected chi connectivity index (χ2v) is 6.19. The molecule has 0 radical (unpaired) electrons. The van der Waals surface area contributed by atoms with Crippen molar-refractivity contribution in [1.82, 2.24) is 4.57 Å². The van der Waals surface area contributed by atoms with Crippen LogP contribution in [0.1, 0.15) is 18.1 Å². The van der Waals surface area contributed by atoms with Crippen LogP contribution >= 0.6 is 11.6 Å². The number of aliphatic imine (C=N–C) groups is 1. The summed E-state index contributed by atoms with van der Waals surface area (Å²) in [5, 5.41) is 10.4. The number of aromatic nitrogens is 1. The molecule has 130 valence electrons. The van der Waals surface area contributed by atoms with Crippen LogP contribution in [0.3, 0.4) is 0 Å². The molecule has 3 rings (SSSR count). The Labute approximate surface area is 157 Å². The van der Waals surface area contributed by atoms with Gasteiger partial charge in [-0.25, -0.2) is 4.99 Å². The normalized spacial score (nSPS) is 10.8. The molecule has 0 N–H and O–H groups in total. The van der Waals surface area contributed by atoms with Gasteiger partial charge in [0.25, 0.3) is 0 Å². The molecular weight excluding hydrogens is 346 g/mol. The maximum absolute atomic E-state index is 9.77. The van der Waals surface area contributed by atoms with Crippen molar-refractivity contribution in [3.05, 3.63) is 70.9 Å². The largest absolute Gasteiger partial charge is 0.483 e. The maximum atomic E-state index is 9.77. The summed E-state index contributed by atoms with van der Waals surface area (Å²) in [7, 11) is 0. The van der Waals surface area contributed by atoms with Crippen LogP contribution in [-0.2, 0) is 4.74 Å². The van der Waals surface area contributed by atoms with E-state index in [4.69, 9.17) is 16.3 Å². The molecule has 26 heavy (non-hydrogen) atoms. The summed E-state index contributed by atoms with van der Waals surface area (Å²) in [5.41, 5.74) is 4.29. The predicted molar refractivity (Wildman–Crippen MR) is 105 cm³/mol. The molecule has 1 aromatic heterocycles. The molecule has 0 fully saturated rings. The Kier molecular flexibility index (Phi) is 5.40.